The number of rotatable bonds is 9. The van der Waals surface area contributed by atoms with E-state index in [1.54, 1.807) is 35.9 Å². The molecule has 8 nitrogen and oxygen atoms in total. The molecule has 0 aliphatic carbocycles. The molecule has 34 heavy (non-hydrogen) atoms. The average molecular weight is 478 g/mol. The third kappa shape index (κ3) is 5.16. The van der Waals surface area contributed by atoms with E-state index < -0.39 is 0 Å². The lowest BCUT2D eigenvalue weighted by Gasteiger charge is -2.16. The van der Waals surface area contributed by atoms with Crippen LogP contribution in [0.4, 0.5) is 5.69 Å². The summed E-state index contributed by atoms with van der Waals surface area (Å²) in [7, 11) is 1.46. The second-order valence-corrected chi connectivity index (χ2v) is 8.78. The lowest BCUT2D eigenvalue weighted by atomic mass is 10.1. The van der Waals surface area contributed by atoms with Crippen LogP contribution in [-0.2, 0) is 22.5 Å². The fourth-order valence-electron chi connectivity index (χ4n) is 3.98. The van der Waals surface area contributed by atoms with Crippen LogP contribution >= 0.6 is 11.3 Å². The minimum absolute atomic E-state index is 0.0697. The van der Waals surface area contributed by atoms with Gasteiger partial charge in [-0.1, -0.05) is 0 Å². The van der Waals surface area contributed by atoms with Gasteiger partial charge in [0.25, 0.3) is 5.91 Å². The second kappa shape index (κ2) is 10.6. The number of aromatic nitrogens is 3. The van der Waals surface area contributed by atoms with Crippen LogP contribution in [0.5, 0.6) is 0 Å². The smallest absolute Gasteiger partial charge is 0.253 e. The van der Waals surface area contributed by atoms with Gasteiger partial charge >= 0.3 is 0 Å². The van der Waals surface area contributed by atoms with Crippen LogP contribution in [-0.4, -0.2) is 46.1 Å². The number of thiophene rings is 1. The Balaban J connectivity index is 1.77. The van der Waals surface area contributed by atoms with Gasteiger partial charge < -0.3 is 19.9 Å². The molecule has 2 amide bonds. The Morgan fingerprint density at radius 1 is 1.26 bits per heavy atom. The zero-order valence-corrected chi connectivity index (χ0v) is 20.2. The van der Waals surface area contributed by atoms with E-state index in [9.17, 15) is 9.59 Å². The first kappa shape index (κ1) is 23.6. The number of methoxy groups -OCH3 is 1. The minimum atomic E-state index is -0.304. The molecule has 3 heterocycles. The number of imidazole rings is 1. The van der Waals surface area contributed by atoms with Gasteiger partial charge in [0.05, 0.1) is 16.6 Å². The molecular weight excluding hydrogens is 450 g/mol. The summed E-state index contributed by atoms with van der Waals surface area (Å²) in [5.41, 5.74) is 4.30. The minimum Gasteiger partial charge on any atom is -0.375 e. The van der Waals surface area contributed by atoms with E-state index in [1.165, 1.54) is 12.7 Å². The van der Waals surface area contributed by atoms with Crippen molar-refractivity contribution >= 4 is 39.9 Å². The van der Waals surface area contributed by atoms with Crippen LogP contribution in [0, 0.1) is 0 Å². The number of carbonyl (C=O) groups excluding carboxylic acids is 2. The van der Waals surface area contributed by atoms with Gasteiger partial charge in [-0.05, 0) is 66.9 Å². The first-order valence-corrected chi connectivity index (χ1v) is 12.0. The highest BCUT2D eigenvalue weighted by molar-refractivity contribution is 7.07. The van der Waals surface area contributed by atoms with Gasteiger partial charge in [-0.3, -0.25) is 14.6 Å². The topological polar surface area (TPSA) is 98.1 Å². The number of benzene rings is 1. The summed E-state index contributed by atoms with van der Waals surface area (Å²) < 4.78 is 6.93. The van der Waals surface area contributed by atoms with E-state index in [-0.39, 0.29) is 24.5 Å². The van der Waals surface area contributed by atoms with E-state index in [4.69, 9.17) is 9.72 Å². The summed E-state index contributed by atoms with van der Waals surface area (Å²) in [6, 6.07) is 9.25. The third-order valence-corrected chi connectivity index (χ3v) is 6.11. The molecule has 9 heteroatoms. The summed E-state index contributed by atoms with van der Waals surface area (Å²) in [5, 5.41) is 10.0. The van der Waals surface area contributed by atoms with E-state index in [0.717, 1.165) is 12.0 Å². The largest absolute Gasteiger partial charge is 0.375 e. The van der Waals surface area contributed by atoms with Gasteiger partial charge in [-0.2, -0.15) is 11.3 Å². The van der Waals surface area contributed by atoms with Crippen molar-refractivity contribution in [1.29, 1.82) is 0 Å². The molecule has 1 atom stereocenters. The Hall–Kier alpha value is -3.56. The number of amides is 2. The number of ether oxygens (including phenoxy) is 1. The van der Waals surface area contributed by atoms with Crippen molar-refractivity contribution in [3.63, 3.8) is 0 Å². The maximum Gasteiger partial charge on any atom is 0.253 e. The molecule has 1 aromatic carbocycles. The number of pyridine rings is 1. The molecule has 0 fully saturated rings. The Morgan fingerprint density at radius 3 is 2.79 bits per heavy atom. The van der Waals surface area contributed by atoms with Crippen molar-refractivity contribution < 1.29 is 14.3 Å². The molecule has 0 saturated heterocycles. The molecule has 0 bridgehead atoms. The number of nitrogens with one attached hydrogen (secondary N) is 2. The number of hydrogen-bond acceptors (Lipinski definition) is 6. The maximum absolute atomic E-state index is 13.5. The maximum atomic E-state index is 13.5. The summed E-state index contributed by atoms with van der Waals surface area (Å²) in [6.07, 6.45) is 4.19. The Bertz CT molecular complexity index is 1290. The number of anilines is 1. The van der Waals surface area contributed by atoms with Crippen LogP contribution in [0.25, 0.3) is 22.4 Å². The number of fused-ring (bicyclic) bond motifs is 1. The van der Waals surface area contributed by atoms with Gasteiger partial charge in [-0.15, -0.1) is 0 Å². The van der Waals surface area contributed by atoms with Gasteiger partial charge in [0, 0.05) is 43.3 Å². The Kier molecular flexibility index (Phi) is 7.34. The van der Waals surface area contributed by atoms with Gasteiger partial charge in [0.2, 0.25) is 5.91 Å². The summed E-state index contributed by atoms with van der Waals surface area (Å²) in [6.45, 7) is 4.52. The van der Waals surface area contributed by atoms with Crippen molar-refractivity contribution in [3.8, 4) is 11.4 Å². The first-order valence-electron chi connectivity index (χ1n) is 11.1. The summed E-state index contributed by atoms with van der Waals surface area (Å²) in [5.74, 6) is 0.190. The van der Waals surface area contributed by atoms with E-state index in [0.29, 0.717) is 34.7 Å². The monoisotopic (exact) mass is 477 g/mol. The van der Waals surface area contributed by atoms with Crippen LogP contribution < -0.4 is 10.6 Å². The van der Waals surface area contributed by atoms with Crippen LogP contribution in [0.15, 0.2) is 53.5 Å². The Morgan fingerprint density at radius 2 is 2.12 bits per heavy atom. The van der Waals surface area contributed by atoms with Crippen molar-refractivity contribution in [1.82, 2.24) is 19.9 Å². The molecule has 0 saturated carbocycles. The third-order valence-electron chi connectivity index (χ3n) is 5.38. The van der Waals surface area contributed by atoms with Crippen molar-refractivity contribution in [2.75, 3.05) is 19.0 Å². The molecule has 0 radical (unpaired) electrons. The van der Waals surface area contributed by atoms with Crippen LogP contribution in [0.3, 0.4) is 0 Å². The fourth-order valence-corrected chi connectivity index (χ4v) is 4.66. The lowest BCUT2D eigenvalue weighted by molar-refractivity contribution is -0.119. The zero-order chi connectivity index (χ0) is 24.1. The number of nitrogens with zero attached hydrogens (tertiary/aromatic N) is 3. The predicted octanol–water partition coefficient (Wildman–Crippen LogP) is 4.13. The van der Waals surface area contributed by atoms with E-state index in [2.05, 4.69) is 27.1 Å². The van der Waals surface area contributed by atoms with Crippen molar-refractivity contribution in [3.05, 3.63) is 64.6 Å². The molecule has 4 rings (SSSR count). The van der Waals surface area contributed by atoms with Crippen LogP contribution in [0.2, 0.25) is 0 Å². The highest BCUT2D eigenvalue weighted by Gasteiger charge is 2.22. The molecule has 176 valence electrons. The highest BCUT2D eigenvalue weighted by Crippen LogP contribution is 2.30. The van der Waals surface area contributed by atoms with Crippen molar-refractivity contribution in [2.24, 2.45) is 0 Å². The van der Waals surface area contributed by atoms with Crippen molar-refractivity contribution in [2.45, 2.75) is 32.9 Å². The highest BCUT2D eigenvalue weighted by atomic mass is 32.1. The molecular formula is C25H27N5O3S. The predicted molar refractivity (Wildman–Crippen MR) is 134 cm³/mol. The molecule has 0 aliphatic rings. The van der Waals surface area contributed by atoms with Gasteiger partial charge in [-0.25, -0.2) is 4.98 Å². The molecule has 0 spiro atoms. The number of aryl methyl sites for hydroxylation is 1. The SMILES string of the molecule is CCn1c(-c2cccnc2)nc2cc(NC(=O)COC)cc(C(=O)NC(C)Cc3ccsc3)c21. The Labute approximate surface area is 202 Å². The summed E-state index contributed by atoms with van der Waals surface area (Å²) >= 11 is 1.64. The second-order valence-electron chi connectivity index (χ2n) is 8.00. The van der Waals surface area contributed by atoms with Crippen LogP contribution in [0.1, 0.15) is 29.8 Å². The molecule has 4 aromatic rings. The quantitative estimate of drug-likeness (QED) is 0.378. The molecule has 1 unspecified atom stereocenters. The summed E-state index contributed by atoms with van der Waals surface area (Å²) in [4.78, 5) is 34.7. The van der Waals surface area contributed by atoms with Gasteiger partial charge in [0.15, 0.2) is 0 Å². The van der Waals surface area contributed by atoms with E-state index >= 15 is 0 Å². The average Bonchev–Trinajstić information content (AvgIpc) is 3.46. The molecule has 3 aromatic heterocycles. The molecule has 2 N–H and O–H groups in total. The van der Waals surface area contributed by atoms with E-state index in [1.807, 2.05) is 35.9 Å². The normalized spacial score (nSPS) is 12.0. The standard InChI is InChI=1S/C25H27N5O3S/c1-4-30-23-20(25(32)27-16(2)10-17-7-9-34-15-17)11-19(28-22(31)14-33-3)12-21(23)29-24(30)18-6-5-8-26-13-18/h5-9,11-13,15-16H,4,10,14H2,1-3H3,(H,27,32)(H,28,31). The number of hydrogen-bond donors (Lipinski definition) is 2. The van der Waals surface area contributed by atoms with Gasteiger partial charge in [0.1, 0.15) is 12.4 Å². The number of carbonyl (C=O) groups is 2. The zero-order valence-electron chi connectivity index (χ0n) is 19.4. The lowest BCUT2D eigenvalue weighted by Crippen LogP contribution is -2.34. The molecule has 0 aliphatic heterocycles. The first-order chi connectivity index (χ1) is 16.5. The fraction of sp³-hybridized carbons (Fsp3) is 0.280.